The second-order valence-corrected chi connectivity index (χ2v) is 6.54. The summed E-state index contributed by atoms with van der Waals surface area (Å²) in [5.41, 5.74) is 0.442. The molecular formula is C18H23ClN2O3. The number of halogens is 1. The Kier molecular flexibility index (Phi) is 6.79. The van der Waals surface area contributed by atoms with Crippen LogP contribution in [0.5, 0.6) is 0 Å². The minimum atomic E-state index is -0.989. The number of benzene rings is 1. The Morgan fingerprint density at radius 2 is 1.75 bits per heavy atom. The molecule has 0 spiro atoms. The van der Waals surface area contributed by atoms with Crippen LogP contribution >= 0.6 is 11.6 Å². The summed E-state index contributed by atoms with van der Waals surface area (Å²) in [7, 11) is 0. The first-order valence-corrected chi connectivity index (χ1v) is 8.70. The summed E-state index contributed by atoms with van der Waals surface area (Å²) >= 11 is 6.02. The lowest BCUT2D eigenvalue weighted by atomic mass is 9.99. The second kappa shape index (κ2) is 8.83. The quantitative estimate of drug-likeness (QED) is 0.829. The van der Waals surface area contributed by atoms with Gasteiger partial charge in [-0.2, -0.15) is 0 Å². The molecule has 1 aromatic carbocycles. The zero-order chi connectivity index (χ0) is 17.5. The number of Topliss-reactive ketones (excluding diaryl/α,β-unsaturated/α-hetero) is 1. The third-order valence-corrected chi connectivity index (χ3v) is 4.61. The lowest BCUT2D eigenvalue weighted by molar-refractivity contribution is -0.139. The van der Waals surface area contributed by atoms with Gasteiger partial charge < -0.3 is 10.2 Å². The molecule has 1 N–H and O–H groups in total. The molecule has 0 aromatic heterocycles. The van der Waals surface area contributed by atoms with E-state index in [1.165, 1.54) is 6.92 Å². The van der Waals surface area contributed by atoms with E-state index >= 15 is 0 Å². The van der Waals surface area contributed by atoms with E-state index in [0.717, 1.165) is 25.7 Å². The lowest BCUT2D eigenvalue weighted by Gasteiger charge is -2.22. The highest BCUT2D eigenvalue weighted by atomic mass is 35.5. The van der Waals surface area contributed by atoms with Gasteiger partial charge in [0, 0.05) is 19.5 Å². The van der Waals surface area contributed by atoms with E-state index in [0.29, 0.717) is 23.8 Å². The highest BCUT2D eigenvalue weighted by Crippen LogP contribution is 2.22. The number of para-hydroxylation sites is 1. The van der Waals surface area contributed by atoms with Crippen LogP contribution in [0, 0.1) is 5.92 Å². The molecule has 1 aliphatic rings. The van der Waals surface area contributed by atoms with Crippen molar-refractivity contribution < 1.29 is 14.4 Å². The molecule has 0 bridgehead atoms. The highest BCUT2D eigenvalue weighted by Gasteiger charge is 2.29. The third kappa shape index (κ3) is 5.06. The summed E-state index contributed by atoms with van der Waals surface area (Å²) in [4.78, 5) is 38.5. The first kappa shape index (κ1) is 18.5. The first-order chi connectivity index (χ1) is 11.5. The molecule has 1 aromatic rings. The Morgan fingerprint density at radius 1 is 1.12 bits per heavy atom. The molecule has 24 heavy (non-hydrogen) atoms. The number of anilines is 1. The minimum absolute atomic E-state index is 0.0916. The molecule has 0 radical (unpaired) electrons. The van der Waals surface area contributed by atoms with E-state index in [1.807, 2.05) is 0 Å². The van der Waals surface area contributed by atoms with Gasteiger partial charge in [-0.15, -0.1) is 0 Å². The van der Waals surface area contributed by atoms with Crippen LogP contribution in [-0.2, 0) is 14.4 Å². The number of rotatable bonds is 5. The SMILES string of the molecule is CC(=O)C(CC(=O)N1CCCCCC1)C(=O)Nc1ccccc1Cl. The number of nitrogens with one attached hydrogen (secondary N) is 1. The van der Waals surface area contributed by atoms with Gasteiger partial charge in [0.2, 0.25) is 11.8 Å². The van der Waals surface area contributed by atoms with E-state index in [2.05, 4.69) is 5.32 Å². The fourth-order valence-corrected chi connectivity index (χ4v) is 3.01. The molecule has 5 nitrogen and oxygen atoms in total. The van der Waals surface area contributed by atoms with Crippen LogP contribution in [0.1, 0.15) is 39.0 Å². The number of hydrogen-bond acceptors (Lipinski definition) is 3. The van der Waals surface area contributed by atoms with Crippen molar-refractivity contribution in [2.24, 2.45) is 5.92 Å². The van der Waals surface area contributed by atoms with Gasteiger partial charge in [0.1, 0.15) is 11.7 Å². The van der Waals surface area contributed by atoms with Crippen molar-refractivity contribution >= 4 is 34.9 Å². The standard InChI is InChI=1S/C18H23ClN2O3/c1-13(22)14(12-17(23)21-10-6-2-3-7-11-21)18(24)20-16-9-5-4-8-15(16)19/h4-5,8-9,14H,2-3,6-7,10-12H2,1H3,(H,20,24). The molecule has 2 amide bonds. The Balaban J connectivity index is 2.02. The van der Waals surface area contributed by atoms with Gasteiger partial charge in [-0.3, -0.25) is 14.4 Å². The molecular weight excluding hydrogens is 328 g/mol. The van der Waals surface area contributed by atoms with Crippen LogP contribution in [0.4, 0.5) is 5.69 Å². The molecule has 2 rings (SSSR count). The summed E-state index contributed by atoms with van der Waals surface area (Å²) in [6.07, 6.45) is 4.09. The van der Waals surface area contributed by atoms with Crippen molar-refractivity contribution in [3.8, 4) is 0 Å². The predicted molar refractivity (Wildman–Crippen MR) is 93.9 cm³/mol. The smallest absolute Gasteiger partial charge is 0.235 e. The first-order valence-electron chi connectivity index (χ1n) is 8.32. The van der Waals surface area contributed by atoms with Crippen LogP contribution in [0.2, 0.25) is 5.02 Å². The number of nitrogens with zero attached hydrogens (tertiary/aromatic N) is 1. The van der Waals surface area contributed by atoms with Gasteiger partial charge in [0.05, 0.1) is 10.7 Å². The molecule has 1 atom stereocenters. The molecule has 1 unspecified atom stereocenters. The van der Waals surface area contributed by atoms with Gasteiger partial charge >= 0.3 is 0 Å². The van der Waals surface area contributed by atoms with Crippen molar-refractivity contribution in [2.75, 3.05) is 18.4 Å². The van der Waals surface area contributed by atoms with Gasteiger partial charge in [-0.05, 0) is 31.9 Å². The van der Waals surface area contributed by atoms with Crippen LogP contribution < -0.4 is 5.32 Å². The monoisotopic (exact) mass is 350 g/mol. The summed E-state index contributed by atoms with van der Waals surface area (Å²) in [5, 5.41) is 3.05. The second-order valence-electron chi connectivity index (χ2n) is 6.13. The number of likely N-dealkylation sites (tertiary alicyclic amines) is 1. The molecule has 6 heteroatoms. The molecule has 130 valence electrons. The summed E-state index contributed by atoms with van der Waals surface area (Å²) in [6.45, 7) is 2.75. The maximum Gasteiger partial charge on any atom is 0.235 e. The Bertz CT molecular complexity index is 610. The average Bonchev–Trinajstić information content (AvgIpc) is 2.83. The molecule has 0 aliphatic carbocycles. The molecule has 1 fully saturated rings. The number of carbonyl (C=O) groups is 3. The third-order valence-electron chi connectivity index (χ3n) is 4.28. The zero-order valence-corrected chi connectivity index (χ0v) is 14.6. The fraction of sp³-hybridized carbons (Fsp3) is 0.500. The fourth-order valence-electron chi connectivity index (χ4n) is 2.83. The number of ketones is 1. The Morgan fingerprint density at radius 3 is 2.33 bits per heavy atom. The Hall–Kier alpha value is -1.88. The lowest BCUT2D eigenvalue weighted by Crippen LogP contribution is -2.37. The van der Waals surface area contributed by atoms with Gasteiger partial charge in [-0.1, -0.05) is 36.6 Å². The summed E-state index contributed by atoms with van der Waals surface area (Å²) in [5.74, 6) is -1.93. The number of carbonyl (C=O) groups excluding carboxylic acids is 3. The van der Waals surface area contributed by atoms with Gasteiger partial charge in [0.25, 0.3) is 0 Å². The average molecular weight is 351 g/mol. The highest BCUT2D eigenvalue weighted by molar-refractivity contribution is 6.33. The minimum Gasteiger partial charge on any atom is -0.343 e. The van der Waals surface area contributed by atoms with E-state index in [1.54, 1.807) is 29.2 Å². The largest absolute Gasteiger partial charge is 0.343 e. The zero-order valence-electron chi connectivity index (χ0n) is 13.9. The molecule has 1 saturated heterocycles. The summed E-state index contributed by atoms with van der Waals surface area (Å²) < 4.78 is 0. The molecule has 1 heterocycles. The van der Waals surface area contributed by atoms with Crippen molar-refractivity contribution in [3.63, 3.8) is 0 Å². The molecule has 1 aliphatic heterocycles. The van der Waals surface area contributed by atoms with E-state index in [9.17, 15) is 14.4 Å². The van der Waals surface area contributed by atoms with Crippen molar-refractivity contribution in [2.45, 2.75) is 39.0 Å². The van der Waals surface area contributed by atoms with Crippen molar-refractivity contribution in [1.29, 1.82) is 0 Å². The van der Waals surface area contributed by atoms with E-state index in [4.69, 9.17) is 11.6 Å². The number of hydrogen-bond donors (Lipinski definition) is 1. The van der Waals surface area contributed by atoms with Crippen molar-refractivity contribution in [3.05, 3.63) is 29.3 Å². The van der Waals surface area contributed by atoms with Crippen LogP contribution in [0.15, 0.2) is 24.3 Å². The van der Waals surface area contributed by atoms with Gasteiger partial charge in [0.15, 0.2) is 0 Å². The Labute approximate surface area is 147 Å². The van der Waals surface area contributed by atoms with E-state index in [-0.39, 0.29) is 18.1 Å². The summed E-state index contributed by atoms with van der Waals surface area (Å²) in [6, 6.07) is 6.81. The topological polar surface area (TPSA) is 66.5 Å². The van der Waals surface area contributed by atoms with Crippen LogP contribution in [0.3, 0.4) is 0 Å². The molecule has 0 saturated carbocycles. The predicted octanol–water partition coefficient (Wildman–Crippen LogP) is 3.28. The maximum atomic E-state index is 12.5. The van der Waals surface area contributed by atoms with Crippen LogP contribution in [0.25, 0.3) is 0 Å². The maximum absolute atomic E-state index is 12.5. The van der Waals surface area contributed by atoms with Crippen molar-refractivity contribution in [1.82, 2.24) is 4.90 Å². The van der Waals surface area contributed by atoms with Gasteiger partial charge in [-0.25, -0.2) is 0 Å². The normalized spacial score (nSPS) is 16.2. The van der Waals surface area contributed by atoms with E-state index < -0.39 is 11.8 Å². The van der Waals surface area contributed by atoms with Crippen LogP contribution in [-0.4, -0.2) is 35.6 Å². The number of amides is 2.